The van der Waals surface area contributed by atoms with Crippen LogP contribution in [0.25, 0.3) is 0 Å². The summed E-state index contributed by atoms with van der Waals surface area (Å²) in [5.74, 6) is -0.0340. The normalized spacial score (nSPS) is 20.4. The van der Waals surface area contributed by atoms with E-state index in [9.17, 15) is 4.79 Å². The second-order valence-electron chi connectivity index (χ2n) is 5.06. The van der Waals surface area contributed by atoms with E-state index >= 15 is 0 Å². The summed E-state index contributed by atoms with van der Waals surface area (Å²) in [6.07, 6.45) is 2.39. The fourth-order valence-corrected chi connectivity index (χ4v) is 2.54. The largest absolute Gasteiger partial charge is 0.338 e. The van der Waals surface area contributed by atoms with Crippen molar-refractivity contribution in [1.82, 2.24) is 0 Å². The first-order valence-corrected chi connectivity index (χ1v) is 7.58. The third-order valence-electron chi connectivity index (χ3n) is 3.54. The van der Waals surface area contributed by atoms with Gasteiger partial charge >= 0.3 is 5.97 Å². The molecule has 2 aromatic carbocycles. The Labute approximate surface area is 131 Å². The molecule has 2 aromatic rings. The molecule has 1 fully saturated rings. The molecule has 0 aliphatic heterocycles. The van der Waals surface area contributed by atoms with Gasteiger partial charge in [-0.05, 0) is 35.6 Å². The molecule has 0 heterocycles. The van der Waals surface area contributed by atoms with Crippen molar-refractivity contribution in [2.45, 2.75) is 12.3 Å². The van der Waals surface area contributed by atoms with E-state index in [1.807, 2.05) is 54.6 Å². The third kappa shape index (κ3) is 3.58. The molecular weight excluding hydrogens is 330 g/mol. The Hall–Kier alpha value is -1.94. The highest BCUT2D eigenvalue weighted by molar-refractivity contribution is 9.10. The molecule has 3 rings (SSSR count). The number of rotatable bonds is 4. The standard InChI is InChI=1S/C17H14BrNO2/c18-14-8-6-12(7-9-14)11-19-21-17(20)16-10-15(16)13-4-2-1-3-5-13/h1-9,11,15-16H,10H2/b19-11+/t15-,16+/m0/s1. The summed E-state index contributed by atoms with van der Waals surface area (Å²) < 4.78 is 1.00. The highest BCUT2D eigenvalue weighted by Crippen LogP contribution is 2.48. The van der Waals surface area contributed by atoms with Gasteiger partial charge in [-0.2, -0.15) is 0 Å². The zero-order chi connectivity index (χ0) is 14.7. The van der Waals surface area contributed by atoms with Crippen molar-refractivity contribution in [2.24, 2.45) is 11.1 Å². The number of oxime groups is 1. The van der Waals surface area contributed by atoms with Gasteiger partial charge in [0, 0.05) is 4.47 Å². The van der Waals surface area contributed by atoms with E-state index in [1.54, 1.807) is 6.21 Å². The molecule has 0 bridgehead atoms. The Morgan fingerprint density at radius 1 is 1.14 bits per heavy atom. The number of benzene rings is 2. The van der Waals surface area contributed by atoms with Gasteiger partial charge in [-0.15, -0.1) is 0 Å². The van der Waals surface area contributed by atoms with Crippen LogP contribution in [-0.2, 0) is 9.63 Å². The maximum Gasteiger partial charge on any atom is 0.338 e. The summed E-state index contributed by atoms with van der Waals surface area (Å²) >= 11 is 3.36. The van der Waals surface area contributed by atoms with E-state index in [0.717, 1.165) is 16.5 Å². The van der Waals surface area contributed by atoms with Gasteiger partial charge in [0.15, 0.2) is 0 Å². The average Bonchev–Trinajstić information content (AvgIpc) is 3.31. The maximum atomic E-state index is 11.9. The van der Waals surface area contributed by atoms with E-state index < -0.39 is 0 Å². The van der Waals surface area contributed by atoms with Crippen LogP contribution < -0.4 is 0 Å². The van der Waals surface area contributed by atoms with Crippen LogP contribution in [0.2, 0.25) is 0 Å². The van der Waals surface area contributed by atoms with E-state index in [4.69, 9.17) is 4.84 Å². The molecule has 1 saturated carbocycles. The zero-order valence-corrected chi connectivity index (χ0v) is 12.9. The molecule has 0 N–H and O–H groups in total. The molecule has 1 aliphatic rings. The van der Waals surface area contributed by atoms with Crippen LogP contribution in [0.3, 0.4) is 0 Å². The molecule has 0 radical (unpaired) electrons. The highest BCUT2D eigenvalue weighted by Gasteiger charge is 2.45. The number of halogens is 1. The van der Waals surface area contributed by atoms with Gasteiger partial charge in [0.1, 0.15) is 0 Å². The van der Waals surface area contributed by atoms with Crippen LogP contribution in [0, 0.1) is 5.92 Å². The number of carbonyl (C=O) groups excluding carboxylic acids is 1. The highest BCUT2D eigenvalue weighted by atomic mass is 79.9. The molecule has 0 spiro atoms. The summed E-state index contributed by atoms with van der Waals surface area (Å²) in [7, 11) is 0. The summed E-state index contributed by atoms with van der Waals surface area (Å²) in [6.45, 7) is 0. The quantitative estimate of drug-likeness (QED) is 0.475. The third-order valence-corrected chi connectivity index (χ3v) is 4.06. The van der Waals surface area contributed by atoms with Crippen LogP contribution in [0.4, 0.5) is 0 Å². The molecule has 3 nitrogen and oxygen atoms in total. The van der Waals surface area contributed by atoms with Crippen LogP contribution in [-0.4, -0.2) is 12.2 Å². The van der Waals surface area contributed by atoms with E-state index in [0.29, 0.717) is 0 Å². The van der Waals surface area contributed by atoms with Gasteiger partial charge in [0.2, 0.25) is 0 Å². The van der Waals surface area contributed by atoms with Crippen molar-refractivity contribution in [3.8, 4) is 0 Å². The van der Waals surface area contributed by atoms with Crippen LogP contribution in [0.1, 0.15) is 23.5 Å². The summed E-state index contributed by atoms with van der Waals surface area (Å²) in [4.78, 5) is 16.9. The first kappa shape index (κ1) is 14.0. The Balaban J connectivity index is 1.53. The minimum Gasteiger partial charge on any atom is -0.318 e. The van der Waals surface area contributed by atoms with Gasteiger partial charge in [-0.1, -0.05) is 63.6 Å². The van der Waals surface area contributed by atoms with Crippen molar-refractivity contribution >= 4 is 28.1 Å². The van der Waals surface area contributed by atoms with E-state index in [-0.39, 0.29) is 17.8 Å². The molecule has 0 aromatic heterocycles. The smallest absolute Gasteiger partial charge is 0.318 e. The molecule has 1 aliphatic carbocycles. The molecule has 21 heavy (non-hydrogen) atoms. The predicted octanol–water partition coefficient (Wildman–Crippen LogP) is 4.13. The number of hydrogen-bond donors (Lipinski definition) is 0. The Morgan fingerprint density at radius 3 is 2.57 bits per heavy atom. The first-order valence-electron chi connectivity index (χ1n) is 6.79. The maximum absolute atomic E-state index is 11.9. The molecule has 4 heteroatoms. The minimum absolute atomic E-state index is 0.0607. The Morgan fingerprint density at radius 2 is 1.86 bits per heavy atom. The minimum atomic E-state index is -0.253. The van der Waals surface area contributed by atoms with Gasteiger partial charge in [0.05, 0.1) is 12.1 Å². The van der Waals surface area contributed by atoms with Gasteiger partial charge in [-0.25, -0.2) is 4.79 Å². The van der Waals surface area contributed by atoms with Gasteiger partial charge < -0.3 is 4.84 Å². The predicted molar refractivity (Wildman–Crippen MR) is 85.1 cm³/mol. The molecule has 0 saturated heterocycles. The van der Waals surface area contributed by atoms with Crippen LogP contribution in [0.15, 0.2) is 64.2 Å². The van der Waals surface area contributed by atoms with Crippen molar-refractivity contribution in [3.63, 3.8) is 0 Å². The zero-order valence-electron chi connectivity index (χ0n) is 11.3. The Kier molecular flexibility index (Phi) is 4.15. The SMILES string of the molecule is O=C(O/N=C/c1ccc(Br)cc1)[C@@H]1C[C@H]1c1ccccc1. The lowest BCUT2D eigenvalue weighted by atomic mass is 10.1. The summed E-state index contributed by atoms with van der Waals surface area (Å²) in [5.41, 5.74) is 2.08. The first-order chi connectivity index (χ1) is 10.2. The lowest BCUT2D eigenvalue weighted by molar-refractivity contribution is -0.145. The number of nitrogens with zero attached hydrogens (tertiary/aromatic N) is 1. The monoisotopic (exact) mass is 343 g/mol. The average molecular weight is 344 g/mol. The van der Waals surface area contributed by atoms with Crippen LogP contribution in [0.5, 0.6) is 0 Å². The molecule has 0 amide bonds. The Bertz CT molecular complexity index is 652. The van der Waals surface area contributed by atoms with Gasteiger partial charge in [-0.3, -0.25) is 0 Å². The lowest BCUT2D eigenvalue weighted by Gasteiger charge is -1.98. The van der Waals surface area contributed by atoms with E-state index in [2.05, 4.69) is 21.1 Å². The molecule has 0 unspecified atom stereocenters. The summed E-state index contributed by atoms with van der Waals surface area (Å²) in [5, 5.41) is 3.77. The van der Waals surface area contributed by atoms with Crippen molar-refractivity contribution in [1.29, 1.82) is 0 Å². The summed E-state index contributed by atoms with van der Waals surface area (Å²) in [6, 6.07) is 17.7. The van der Waals surface area contributed by atoms with Crippen molar-refractivity contribution in [2.75, 3.05) is 0 Å². The number of hydrogen-bond acceptors (Lipinski definition) is 3. The number of carbonyl (C=O) groups is 1. The van der Waals surface area contributed by atoms with Crippen molar-refractivity contribution in [3.05, 3.63) is 70.2 Å². The van der Waals surface area contributed by atoms with Crippen molar-refractivity contribution < 1.29 is 9.63 Å². The molecule has 106 valence electrons. The van der Waals surface area contributed by atoms with Crippen LogP contribution >= 0.6 is 15.9 Å². The lowest BCUT2D eigenvalue weighted by Crippen LogP contribution is -2.04. The second kappa shape index (κ2) is 6.22. The topological polar surface area (TPSA) is 38.7 Å². The fraction of sp³-hybridized carbons (Fsp3) is 0.176. The second-order valence-corrected chi connectivity index (χ2v) is 5.97. The van der Waals surface area contributed by atoms with Gasteiger partial charge in [0.25, 0.3) is 0 Å². The molecular formula is C17H14BrNO2. The van der Waals surface area contributed by atoms with E-state index in [1.165, 1.54) is 5.56 Å². The fourth-order valence-electron chi connectivity index (χ4n) is 2.28. The molecule has 2 atom stereocenters.